The number of amides is 1. The van der Waals surface area contributed by atoms with Gasteiger partial charge in [-0.2, -0.15) is 4.37 Å². The molecule has 1 saturated heterocycles. The molecular weight excluding hydrogens is 308 g/mol. The molecule has 1 fully saturated rings. The van der Waals surface area contributed by atoms with Gasteiger partial charge >= 0.3 is 0 Å². The minimum Gasteiger partial charge on any atom is -0.337 e. The molecule has 1 aliphatic heterocycles. The Labute approximate surface area is 138 Å². The quantitative estimate of drug-likeness (QED) is 0.726. The van der Waals surface area contributed by atoms with Crippen molar-refractivity contribution in [1.82, 2.24) is 18.8 Å². The first-order valence-corrected chi connectivity index (χ1v) is 8.71. The molecule has 118 valence electrons. The number of hydrogen-bond acceptors (Lipinski definition) is 4. The third kappa shape index (κ3) is 2.53. The lowest BCUT2D eigenvalue weighted by atomic mass is 10.0. The summed E-state index contributed by atoms with van der Waals surface area (Å²) in [6.45, 7) is 3.60. The van der Waals surface area contributed by atoms with Crippen LogP contribution in [0.5, 0.6) is 0 Å². The summed E-state index contributed by atoms with van der Waals surface area (Å²) in [6, 6.07) is 10.5. The van der Waals surface area contributed by atoms with Crippen molar-refractivity contribution in [3.8, 4) is 0 Å². The zero-order valence-electron chi connectivity index (χ0n) is 13.0. The Kier molecular flexibility index (Phi) is 3.61. The van der Waals surface area contributed by atoms with Crippen LogP contribution < -0.4 is 0 Å². The second-order valence-electron chi connectivity index (χ2n) is 5.93. The van der Waals surface area contributed by atoms with Gasteiger partial charge in [0.1, 0.15) is 11.5 Å². The topological polar surface area (TPSA) is 51.0 Å². The second kappa shape index (κ2) is 5.77. The van der Waals surface area contributed by atoms with Gasteiger partial charge in [0.2, 0.25) is 0 Å². The van der Waals surface area contributed by atoms with Crippen LogP contribution in [0.15, 0.2) is 35.7 Å². The number of fused-ring (bicyclic) bond motifs is 1. The van der Waals surface area contributed by atoms with Crippen LogP contribution in [0.1, 0.15) is 35.2 Å². The molecule has 0 aliphatic carbocycles. The molecule has 1 aliphatic rings. The summed E-state index contributed by atoms with van der Waals surface area (Å²) in [6.07, 6.45) is 1.91. The molecule has 0 unspecified atom stereocenters. The molecule has 5 nitrogen and oxygen atoms in total. The number of imidazole rings is 1. The average Bonchev–Trinajstić information content (AvgIpc) is 3.21. The first-order valence-electron chi connectivity index (χ1n) is 7.87. The molecule has 3 heterocycles. The van der Waals surface area contributed by atoms with Gasteiger partial charge in [0.15, 0.2) is 0 Å². The van der Waals surface area contributed by atoms with Crippen LogP contribution in [0.4, 0.5) is 0 Å². The van der Waals surface area contributed by atoms with Crippen LogP contribution in [-0.2, 0) is 0 Å². The molecule has 1 amide bonds. The van der Waals surface area contributed by atoms with Gasteiger partial charge in [0.05, 0.1) is 11.0 Å². The maximum atomic E-state index is 12.4. The van der Waals surface area contributed by atoms with Crippen LogP contribution in [0, 0.1) is 6.92 Å². The predicted octanol–water partition coefficient (Wildman–Crippen LogP) is 3.28. The van der Waals surface area contributed by atoms with Gasteiger partial charge in [-0.3, -0.25) is 4.79 Å². The Balaban J connectivity index is 1.53. The number of aromatic nitrogens is 3. The van der Waals surface area contributed by atoms with E-state index in [9.17, 15) is 4.79 Å². The lowest BCUT2D eigenvalue weighted by molar-refractivity contribution is 0.0691. The van der Waals surface area contributed by atoms with E-state index in [0.717, 1.165) is 37.3 Å². The van der Waals surface area contributed by atoms with Crippen molar-refractivity contribution in [1.29, 1.82) is 0 Å². The van der Waals surface area contributed by atoms with Gasteiger partial charge in [-0.15, -0.1) is 0 Å². The molecule has 0 N–H and O–H groups in total. The third-order valence-corrected chi connectivity index (χ3v) is 5.11. The van der Waals surface area contributed by atoms with E-state index in [2.05, 4.69) is 39.0 Å². The SMILES string of the molecule is Cc1nc2ccccc2n1C1CCN(C(=O)c2ccsn2)CC1. The Hall–Kier alpha value is -2.21. The first-order chi connectivity index (χ1) is 11.2. The maximum Gasteiger partial charge on any atom is 0.273 e. The summed E-state index contributed by atoms with van der Waals surface area (Å²) in [7, 11) is 0. The number of nitrogens with zero attached hydrogens (tertiary/aromatic N) is 4. The lowest BCUT2D eigenvalue weighted by Crippen LogP contribution is -2.39. The van der Waals surface area contributed by atoms with Crippen molar-refractivity contribution >= 4 is 28.5 Å². The lowest BCUT2D eigenvalue weighted by Gasteiger charge is -2.33. The monoisotopic (exact) mass is 326 g/mol. The van der Waals surface area contributed by atoms with E-state index < -0.39 is 0 Å². The number of rotatable bonds is 2. The molecule has 0 saturated carbocycles. The maximum absolute atomic E-state index is 12.4. The minimum atomic E-state index is 0.0527. The van der Waals surface area contributed by atoms with Crippen LogP contribution in [-0.4, -0.2) is 37.8 Å². The molecule has 2 aromatic heterocycles. The number of hydrogen-bond donors (Lipinski definition) is 0. The summed E-state index contributed by atoms with van der Waals surface area (Å²) in [5, 5.41) is 1.85. The van der Waals surface area contributed by atoms with Crippen LogP contribution in [0.25, 0.3) is 11.0 Å². The summed E-state index contributed by atoms with van der Waals surface area (Å²) in [4.78, 5) is 19.0. The number of carbonyl (C=O) groups is 1. The minimum absolute atomic E-state index is 0.0527. The first kappa shape index (κ1) is 14.4. The third-order valence-electron chi connectivity index (χ3n) is 4.55. The van der Waals surface area contributed by atoms with E-state index in [0.29, 0.717) is 11.7 Å². The summed E-state index contributed by atoms with van der Waals surface area (Å²) < 4.78 is 6.48. The van der Waals surface area contributed by atoms with Gasteiger partial charge in [-0.25, -0.2) is 4.98 Å². The standard InChI is InChI=1S/C17H18N4OS/c1-12-18-14-4-2-3-5-16(14)21(12)13-6-9-20(10-7-13)17(22)15-8-11-23-19-15/h2-5,8,11,13H,6-7,9-10H2,1H3. The highest BCUT2D eigenvalue weighted by atomic mass is 32.1. The highest BCUT2D eigenvalue weighted by Gasteiger charge is 2.27. The fourth-order valence-corrected chi connectivity index (χ4v) is 3.94. The van der Waals surface area contributed by atoms with Crippen LogP contribution >= 0.6 is 11.5 Å². The number of piperidine rings is 1. The fourth-order valence-electron chi connectivity index (χ4n) is 3.44. The Morgan fingerprint density at radius 1 is 1.22 bits per heavy atom. The van der Waals surface area contributed by atoms with Crippen molar-refractivity contribution in [2.45, 2.75) is 25.8 Å². The van der Waals surface area contributed by atoms with Crippen LogP contribution in [0.2, 0.25) is 0 Å². The van der Waals surface area contributed by atoms with E-state index in [4.69, 9.17) is 0 Å². The van der Waals surface area contributed by atoms with Crippen molar-refractivity contribution in [3.63, 3.8) is 0 Å². The summed E-state index contributed by atoms with van der Waals surface area (Å²) in [5.74, 6) is 1.10. The summed E-state index contributed by atoms with van der Waals surface area (Å²) in [5.41, 5.74) is 2.80. The normalized spacial score (nSPS) is 16.1. The van der Waals surface area contributed by atoms with Crippen molar-refractivity contribution in [3.05, 3.63) is 47.2 Å². The van der Waals surface area contributed by atoms with Crippen molar-refractivity contribution in [2.24, 2.45) is 0 Å². The van der Waals surface area contributed by atoms with E-state index in [1.165, 1.54) is 17.0 Å². The second-order valence-corrected chi connectivity index (χ2v) is 6.59. The van der Waals surface area contributed by atoms with Gasteiger partial charge in [-0.1, -0.05) is 12.1 Å². The van der Waals surface area contributed by atoms with Gasteiger partial charge in [-0.05, 0) is 49.5 Å². The molecule has 0 spiro atoms. The van der Waals surface area contributed by atoms with Gasteiger partial charge in [0, 0.05) is 24.5 Å². The van der Waals surface area contributed by atoms with E-state index >= 15 is 0 Å². The molecule has 0 atom stereocenters. The predicted molar refractivity (Wildman–Crippen MR) is 90.8 cm³/mol. The Morgan fingerprint density at radius 3 is 2.74 bits per heavy atom. The zero-order chi connectivity index (χ0) is 15.8. The number of para-hydroxylation sites is 2. The Bertz CT molecular complexity index is 832. The highest BCUT2D eigenvalue weighted by molar-refractivity contribution is 7.03. The molecular formula is C17H18N4OS. The summed E-state index contributed by atoms with van der Waals surface area (Å²) >= 11 is 1.32. The van der Waals surface area contributed by atoms with Crippen molar-refractivity contribution in [2.75, 3.05) is 13.1 Å². The molecule has 23 heavy (non-hydrogen) atoms. The molecule has 4 rings (SSSR count). The molecule has 3 aromatic rings. The number of carbonyl (C=O) groups excluding carboxylic acids is 1. The van der Waals surface area contributed by atoms with E-state index in [-0.39, 0.29) is 5.91 Å². The average molecular weight is 326 g/mol. The van der Waals surface area contributed by atoms with E-state index in [1.807, 2.05) is 16.3 Å². The van der Waals surface area contributed by atoms with E-state index in [1.54, 1.807) is 6.07 Å². The highest BCUT2D eigenvalue weighted by Crippen LogP contribution is 2.29. The molecule has 0 radical (unpaired) electrons. The molecule has 6 heteroatoms. The fraction of sp³-hybridized carbons (Fsp3) is 0.353. The molecule has 1 aromatic carbocycles. The smallest absolute Gasteiger partial charge is 0.273 e. The van der Waals surface area contributed by atoms with Crippen molar-refractivity contribution < 1.29 is 4.79 Å². The number of aryl methyl sites for hydroxylation is 1. The van der Waals surface area contributed by atoms with Gasteiger partial charge in [0.25, 0.3) is 5.91 Å². The zero-order valence-corrected chi connectivity index (χ0v) is 13.8. The molecule has 0 bridgehead atoms. The largest absolute Gasteiger partial charge is 0.337 e. The number of likely N-dealkylation sites (tertiary alicyclic amines) is 1. The van der Waals surface area contributed by atoms with Gasteiger partial charge < -0.3 is 9.47 Å². The Morgan fingerprint density at radius 2 is 2.00 bits per heavy atom. The van der Waals surface area contributed by atoms with Crippen LogP contribution in [0.3, 0.4) is 0 Å². The number of benzene rings is 1.